The Morgan fingerprint density at radius 3 is 2.43 bits per heavy atom. The Morgan fingerprint density at radius 2 is 1.87 bits per heavy atom. The lowest BCUT2D eigenvalue weighted by molar-refractivity contribution is -0.116. The predicted octanol–water partition coefficient (Wildman–Crippen LogP) is 3.12. The lowest BCUT2D eigenvalue weighted by Gasteiger charge is -2.23. The van der Waals surface area contributed by atoms with Crippen LogP contribution in [0.2, 0.25) is 0 Å². The maximum absolute atomic E-state index is 12.3. The lowest BCUT2D eigenvalue weighted by atomic mass is 9.86. The van der Waals surface area contributed by atoms with E-state index >= 15 is 0 Å². The van der Waals surface area contributed by atoms with Crippen molar-refractivity contribution < 1.29 is 4.79 Å². The normalized spacial score (nSPS) is 11.5. The number of nitrogens with one attached hydrogen (secondary N) is 2. The SMILES string of the molecule is Cc1[nH]c(=O)n(CCC(=O)Nc2ccccc2C(C)(C)C)c1C. The van der Waals surface area contributed by atoms with Crippen LogP contribution in [0.15, 0.2) is 29.1 Å². The molecule has 1 heterocycles. The summed E-state index contributed by atoms with van der Waals surface area (Å²) in [4.78, 5) is 26.8. The Labute approximate surface area is 136 Å². The first-order valence-corrected chi connectivity index (χ1v) is 7.85. The number of aromatic amines is 1. The molecule has 0 bridgehead atoms. The number of H-pyrrole nitrogens is 1. The molecule has 0 spiro atoms. The van der Waals surface area contributed by atoms with E-state index < -0.39 is 0 Å². The van der Waals surface area contributed by atoms with Crippen molar-refractivity contribution in [2.45, 2.75) is 53.0 Å². The molecule has 23 heavy (non-hydrogen) atoms. The van der Waals surface area contributed by atoms with E-state index in [1.54, 1.807) is 4.57 Å². The lowest BCUT2D eigenvalue weighted by Crippen LogP contribution is -2.23. The third-order valence-corrected chi connectivity index (χ3v) is 4.06. The van der Waals surface area contributed by atoms with Crippen molar-refractivity contribution in [1.29, 1.82) is 0 Å². The molecule has 1 aromatic carbocycles. The van der Waals surface area contributed by atoms with Gasteiger partial charge < -0.3 is 10.3 Å². The minimum Gasteiger partial charge on any atom is -0.326 e. The smallest absolute Gasteiger partial charge is 0.325 e. The Bertz CT molecular complexity index is 763. The number of nitrogens with zero attached hydrogens (tertiary/aromatic N) is 1. The van der Waals surface area contributed by atoms with E-state index in [0.717, 1.165) is 22.6 Å². The summed E-state index contributed by atoms with van der Waals surface area (Å²) in [5, 5.41) is 2.97. The molecular weight excluding hydrogens is 290 g/mol. The molecule has 1 aromatic heterocycles. The molecular formula is C18H25N3O2. The van der Waals surface area contributed by atoms with Gasteiger partial charge >= 0.3 is 5.69 Å². The van der Waals surface area contributed by atoms with Crippen LogP contribution in [0.5, 0.6) is 0 Å². The molecule has 0 aliphatic rings. The van der Waals surface area contributed by atoms with Crippen LogP contribution >= 0.6 is 0 Å². The van der Waals surface area contributed by atoms with Crippen LogP contribution in [0, 0.1) is 13.8 Å². The summed E-state index contributed by atoms with van der Waals surface area (Å²) in [5.74, 6) is -0.0909. The van der Waals surface area contributed by atoms with E-state index in [1.165, 1.54) is 0 Å². The van der Waals surface area contributed by atoms with Crippen LogP contribution in [-0.4, -0.2) is 15.5 Å². The van der Waals surface area contributed by atoms with Gasteiger partial charge in [-0.3, -0.25) is 9.36 Å². The molecule has 2 N–H and O–H groups in total. The Kier molecular flexibility index (Phi) is 4.78. The number of carbonyl (C=O) groups is 1. The summed E-state index contributed by atoms with van der Waals surface area (Å²) >= 11 is 0. The molecule has 2 rings (SSSR count). The number of aryl methyl sites for hydroxylation is 1. The Balaban J connectivity index is 2.08. The second kappa shape index (κ2) is 6.44. The first-order chi connectivity index (χ1) is 10.7. The number of aromatic nitrogens is 2. The summed E-state index contributed by atoms with van der Waals surface area (Å²) < 4.78 is 1.60. The second-order valence-corrected chi connectivity index (χ2v) is 6.89. The number of para-hydroxylation sites is 1. The minimum absolute atomic E-state index is 0.0465. The third kappa shape index (κ3) is 3.92. The van der Waals surface area contributed by atoms with Gasteiger partial charge in [0.05, 0.1) is 0 Å². The van der Waals surface area contributed by atoms with Crippen LogP contribution in [0.3, 0.4) is 0 Å². The number of amides is 1. The van der Waals surface area contributed by atoms with Crippen LogP contribution < -0.4 is 11.0 Å². The number of anilines is 1. The molecule has 1 amide bonds. The highest BCUT2D eigenvalue weighted by molar-refractivity contribution is 5.91. The largest absolute Gasteiger partial charge is 0.326 e. The zero-order valence-corrected chi connectivity index (χ0v) is 14.5. The molecule has 0 fully saturated rings. The van der Waals surface area contributed by atoms with Gasteiger partial charge in [-0.2, -0.15) is 0 Å². The van der Waals surface area contributed by atoms with Gasteiger partial charge in [0, 0.05) is 30.0 Å². The number of rotatable bonds is 4. The number of imidazole rings is 1. The Morgan fingerprint density at radius 1 is 1.22 bits per heavy atom. The van der Waals surface area contributed by atoms with Crippen LogP contribution in [0.4, 0.5) is 5.69 Å². The van der Waals surface area contributed by atoms with Crippen LogP contribution in [0.1, 0.15) is 44.1 Å². The maximum atomic E-state index is 12.3. The van der Waals surface area contributed by atoms with E-state index in [-0.39, 0.29) is 23.4 Å². The van der Waals surface area contributed by atoms with Crippen molar-refractivity contribution in [3.8, 4) is 0 Å². The van der Waals surface area contributed by atoms with Gasteiger partial charge in [0.1, 0.15) is 0 Å². The topological polar surface area (TPSA) is 66.9 Å². The van der Waals surface area contributed by atoms with Crippen molar-refractivity contribution in [2.75, 3.05) is 5.32 Å². The van der Waals surface area contributed by atoms with E-state index in [2.05, 4.69) is 31.1 Å². The molecule has 5 heteroatoms. The second-order valence-electron chi connectivity index (χ2n) is 6.89. The molecule has 0 radical (unpaired) electrons. The highest BCUT2D eigenvalue weighted by Crippen LogP contribution is 2.29. The number of hydrogen-bond donors (Lipinski definition) is 2. The van der Waals surface area contributed by atoms with Gasteiger partial charge in [-0.05, 0) is 30.9 Å². The predicted molar refractivity (Wildman–Crippen MR) is 92.9 cm³/mol. The standard InChI is InChI=1S/C18H25N3O2/c1-12-13(2)21(17(23)19-12)11-10-16(22)20-15-9-7-6-8-14(15)18(3,4)5/h6-9H,10-11H2,1-5H3,(H,19,23)(H,20,22). The van der Waals surface area contributed by atoms with Gasteiger partial charge in [0.2, 0.25) is 5.91 Å². The van der Waals surface area contributed by atoms with E-state index in [9.17, 15) is 9.59 Å². The first-order valence-electron chi connectivity index (χ1n) is 7.85. The molecule has 0 atom stereocenters. The fourth-order valence-electron chi connectivity index (χ4n) is 2.61. The molecule has 0 unspecified atom stereocenters. The number of carbonyl (C=O) groups excluding carboxylic acids is 1. The van der Waals surface area contributed by atoms with Gasteiger partial charge in [-0.15, -0.1) is 0 Å². The average Bonchev–Trinajstić information content (AvgIpc) is 2.69. The summed E-state index contributed by atoms with van der Waals surface area (Å²) in [6.45, 7) is 10.4. The molecule has 0 aliphatic heterocycles. The van der Waals surface area contributed by atoms with Crippen LogP contribution in [0.25, 0.3) is 0 Å². The average molecular weight is 315 g/mol. The molecule has 5 nitrogen and oxygen atoms in total. The monoisotopic (exact) mass is 315 g/mol. The summed E-state index contributed by atoms with van der Waals surface area (Å²) in [6, 6.07) is 7.83. The summed E-state index contributed by atoms with van der Waals surface area (Å²) in [6.07, 6.45) is 0.260. The summed E-state index contributed by atoms with van der Waals surface area (Å²) in [7, 11) is 0. The summed E-state index contributed by atoms with van der Waals surface area (Å²) in [5.41, 5.74) is 3.43. The fourth-order valence-corrected chi connectivity index (χ4v) is 2.61. The third-order valence-electron chi connectivity index (χ3n) is 4.06. The molecule has 0 aliphatic carbocycles. The number of hydrogen-bond acceptors (Lipinski definition) is 2. The van der Waals surface area contributed by atoms with Crippen LogP contribution in [-0.2, 0) is 16.8 Å². The minimum atomic E-state index is -0.164. The zero-order valence-electron chi connectivity index (χ0n) is 14.5. The van der Waals surface area contributed by atoms with E-state index in [1.807, 2.05) is 38.1 Å². The molecule has 2 aromatic rings. The fraction of sp³-hybridized carbons (Fsp3) is 0.444. The zero-order chi connectivity index (χ0) is 17.2. The van der Waals surface area contributed by atoms with Crippen molar-refractivity contribution in [3.05, 3.63) is 51.7 Å². The maximum Gasteiger partial charge on any atom is 0.325 e. The molecule has 0 saturated heterocycles. The molecule has 124 valence electrons. The van der Waals surface area contributed by atoms with Crippen molar-refractivity contribution >= 4 is 11.6 Å². The van der Waals surface area contributed by atoms with Gasteiger partial charge in [0.15, 0.2) is 0 Å². The van der Waals surface area contributed by atoms with Gasteiger partial charge in [-0.1, -0.05) is 39.0 Å². The Hall–Kier alpha value is -2.30. The quantitative estimate of drug-likeness (QED) is 0.910. The highest BCUT2D eigenvalue weighted by Gasteiger charge is 2.18. The van der Waals surface area contributed by atoms with E-state index in [0.29, 0.717) is 6.54 Å². The first kappa shape index (κ1) is 17.1. The van der Waals surface area contributed by atoms with Gasteiger partial charge in [0.25, 0.3) is 0 Å². The highest BCUT2D eigenvalue weighted by atomic mass is 16.2. The van der Waals surface area contributed by atoms with E-state index in [4.69, 9.17) is 0 Å². The van der Waals surface area contributed by atoms with Crippen molar-refractivity contribution in [2.24, 2.45) is 0 Å². The molecule has 0 saturated carbocycles. The number of benzene rings is 1. The van der Waals surface area contributed by atoms with Crippen molar-refractivity contribution in [3.63, 3.8) is 0 Å². The van der Waals surface area contributed by atoms with Crippen molar-refractivity contribution in [1.82, 2.24) is 9.55 Å². The van der Waals surface area contributed by atoms with Gasteiger partial charge in [-0.25, -0.2) is 4.79 Å².